The van der Waals surface area contributed by atoms with Gasteiger partial charge in [-0.05, 0) is 47.9 Å². The third-order valence-corrected chi connectivity index (χ3v) is 6.92. The largest absolute Gasteiger partial charge is 0.338 e. The third kappa shape index (κ3) is 4.32. The molecule has 4 aromatic rings. The summed E-state index contributed by atoms with van der Waals surface area (Å²) in [7, 11) is 0. The topological polar surface area (TPSA) is 62.6 Å². The molecule has 178 valence electrons. The second-order valence-electron chi connectivity index (χ2n) is 9.40. The Morgan fingerprint density at radius 1 is 0.743 bits per heavy atom. The molecule has 1 aromatic heterocycles. The first-order chi connectivity index (χ1) is 16.9. The van der Waals surface area contributed by atoms with E-state index in [4.69, 9.17) is 0 Å². The molecule has 0 saturated carbocycles. The van der Waals surface area contributed by atoms with Crippen LogP contribution in [0.15, 0.2) is 77.6 Å². The molecule has 1 saturated heterocycles. The van der Waals surface area contributed by atoms with Crippen LogP contribution in [0.4, 0.5) is 0 Å². The molecule has 1 aliphatic rings. The minimum Gasteiger partial charge on any atom is -0.338 e. The summed E-state index contributed by atoms with van der Waals surface area (Å²) in [6, 6.07) is 22.7. The third-order valence-electron chi connectivity index (χ3n) is 6.92. The van der Waals surface area contributed by atoms with Gasteiger partial charge in [-0.1, -0.05) is 50.2 Å². The Morgan fingerprint density at radius 3 is 1.80 bits per heavy atom. The van der Waals surface area contributed by atoms with E-state index < -0.39 is 0 Å². The number of benzene rings is 3. The lowest BCUT2D eigenvalue weighted by molar-refractivity contribution is -0.133. The highest BCUT2D eigenvalue weighted by Crippen LogP contribution is 2.20. The Balaban J connectivity index is 1.32. The number of fused-ring (bicyclic) bond motifs is 2. The average molecular weight is 468 g/mol. The number of nitrogens with zero attached hydrogens (tertiary/aromatic N) is 3. The molecule has 2 heterocycles. The van der Waals surface area contributed by atoms with Gasteiger partial charge >= 0.3 is 0 Å². The van der Waals surface area contributed by atoms with Crippen molar-refractivity contribution in [3.63, 3.8) is 0 Å². The summed E-state index contributed by atoms with van der Waals surface area (Å²) in [6.45, 7) is 6.39. The Hall–Kier alpha value is -3.93. The van der Waals surface area contributed by atoms with Crippen LogP contribution in [0.2, 0.25) is 0 Å². The molecule has 1 aliphatic heterocycles. The van der Waals surface area contributed by atoms with Gasteiger partial charge in [0.2, 0.25) is 5.91 Å². The smallest absolute Gasteiger partial charge is 0.253 e. The zero-order valence-electron chi connectivity index (χ0n) is 20.1. The van der Waals surface area contributed by atoms with Crippen molar-refractivity contribution in [2.24, 2.45) is 0 Å². The van der Waals surface area contributed by atoms with Crippen molar-refractivity contribution in [3.05, 3.63) is 94.1 Å². The molecule has 6 nitrogen and oxygen atoms in total. The van der Waals surface area contributed by atoms with Gasteiger partial charge in [0.15, 0.2) is 5.43 Å². The van der Waals surface area contributed by atoms with Gasteiger partial charge in [-0.15, -0.1) is 0 Å². The van der Waals surface area contributed by atoms with E-state index in [2.05, 4.69) is 13.8 Å². The van der Waals surface area contributed by atoms with E-state index in [1.165, 1.54) is 5.56 Å². The van der Waals surface area contributed by atoms with Crippen LogP contribution in [0.25, 0.3) is 21.8 Å². The van der Waals surface area contributed by atoms with Crippen molar-refractivity contribution in [2.75, 3.05) is 26.2 Å². The Morgan fingerprint density at radius 2 is 1.26 bits per heavy atom. The summed E-state index contributed by atoms with van der Waals surface area (Å²) in [5, 5.41) is 1.22. The standard InChI is InChI=1S/C29H29N3O3/c1-20(2)21-11-13-22(14-12-21)29(35)31-17-15-30(16-18-31)27(33)19-32-25-9-5-3-7-23(25)28(34)24-8-4-6-10-26(24)32/h3-14,20H,15-19H2,1-2H3. The first-order valence-corrected chi connectivity index (χ1v) is 12.1. The number of para-hydroxylation sites is 2. The first-order valence-electron chi connectivity index (χ1n) is 12.1. The number of carbonyl (C=O) groups excluding carboxylic acids is 2. The normalized spacial score (nSPS) is 14.1. The van der Waals surface area contributed by atoms with Crippen LogP contribution >= 0.6 is 0 Å². The second kappa shape index (κ2) is 9.37. The minimum atomic E-state index is -0.0200. The number of rotatable bonds is 4. The van der Waals surface area contributed by atoms with E-state index in [-0.39, 0.29) is 23.8 Å². The molecule has 2 amide bonds. The summed E-state index contributed by atoms with van der Waals surface area (Å²) in [4.78, 5) is 42.9. The molecule has 3 aromatic carbocycles. The lowest BCUT2D eigenvalue weighted by Crippen LogP contribution is -2.51. The van der Waals surface area contributed by atoms with Gasteiger partial charge in [0.05, 0.1) is 11.0 Å². The molecule has 0 bridgehead atoms. The molecule has 0 N–H and O–H groups in total. The van der Waals surface area contributed by atoms with E-state index >= 15 is 0 Å². The van der Waals surface area contributed by atoms with E-state index in [1.54, 1.807) is 0 Å². The number of amides is 2. The highest BCUT2D eigenvalue weighted by Gasteiger charge is 2.25. The van der Waals surface area contributed by atoms with E-state index in [0.717, 1.165) is 11.0 Å². The summed E-state index contributed by atoms with van der Waals surface area (Å²) >= 11 is 0. The number of pyridine rings is 1. The number of aromatic nitrogens is 1. The van der Waals surface area contributed by atoms with Gasteiger partial charge in [-0.2, -0.15) is 0 Å². The summed E-state index contributed by atoms with van der Waals surface area (Å²) in [6.07, 6.45) is 0. The fraction of sp³-hybridized carbons (Fsp3) is 0.276. The van der Waals surface area contributed by atoms with Crippen LogP contribution in [0, 0.1) is 0 Å². The highest BCUT2D eigenvalue weighted by molar-refractivity contribution is 5.95. The molecule has 0 atom stereocenters. The van der Waals surface area contributed by atoms with Crippen molar-refractivity contribution < 1.29 is 9.59 Å². The second-order valence-corrected chi connectivity index (χ2v) is 9.40. The molecule has 0 aliphatic carbocycles. The van der Waals surface area contributed by atoms with E-state index in [0.29, 0.717) is 48.4 Å². The molecule has 0 unspecified atom stereocenters. The Labute approximate surface area is 204 Å². The fourth-order valence-corrected chi connectivity index (χ4v) is 4.83. The first kappa shape index (κ1) is 22.8. The quantitative estimate of drug-likeness (QED) is 0.421. The van der Waals surface area contributed by atoms with Crippen LogP contribution in [-0.2, 0) is 11.3 Å². The number of piperazine rings is 1. The molecule has 0 spiro atoms. The van der Waals surface area contributed by atoms with Crippen LogP contribution in [0.1, 0.15) is 35.7 Å². The molecule has 35 heavy (non-hydrogen) atoms. The van der Waals surface area contributed by atoms with Crippen LogP contribution in [0.5, 0.6) is 0 Å². The van der Waals surface area contributed by atoms with Crippen molar-refractivity contribution in [3.8, 4) is 0 Å². The van der Waals surface area contributed by atoms with Gasteiger partial charge in [0.25, 0.3) is 5.91 Å². The molecular weight excluding hydrogens is 438 g/mol. The van der Waals surface area contributed by atoms with Crippen molar-refractivity contribution in [1.29, 1.82) is 0 Å². The van der Waals surface area contributed by atoms with E-state index in [9.17, 15) is 14.4 Å². The number of carbonyl (C=O) groups is 2. The molecule has 0 radical (unpaired) electrons. The highest BCUT2D eigenvalue weighted by atomic mass is 16.2. The lowest BCUT2D eigenvalue weighted by Gasteiger charge is -2.35. The molecule has 6 heteroatoms. The van der Waals surface area contributed by atoms with Gasteiger partial charge in [-0.3, -0.25) is 14.4 Å². The van der Waals surface area contributed by atoms with Crippen molar-refractivity contribution in [1.82, 2.24) is 14.4 Å². The predicted molar refractivity (Wildman–Crippen MR) is 139 cm³/mol. The number of hydrogen-bond donors (Lipinski definition) is 0. The Bertz CT molecular complexity index is 1400. The predicted octanol–water partition coefficient (Wildman–Crippen LogP) is 4.26. The maximum absolute atomic E-state index is 13.3. The summed E-state index contributed by atoms with van der Waals surface area (Å²) in [5.74, 6) is 0.410. The minimum absolute atomic E-state index is 0.00445. The van der Waals surface area contributed by atoms with Crippen LogP contribution in [0.3, 0.4) is 0 Å². The summed E-state index contributed by atoms with van der Waals surface area (Å²) in [5.41, 5.74) is 3.37. The van der Waals surface area contributed by atoms with Crippen LogP contribution < -0.4 is 5.43 Å². The SMILES string of the molecule is CC(C)c1ccc(C(=O)N2CCN(C(=O)Cn3c4ccccc4c(=O)c4ccccc43)CC2)cc1. The number of hydrogen-bond acceptors (Lipinski definition) is 3. The van der Waals surface area contributed by atoms with E-state index in [1.807, 2.05) is 87.2 Å². The van der Waals surface area contributed by atoms with Gasteiger partial charge in [0, 0.05) is 42.5 Å². The maximum atomic E-state index is 13.3. The van der Waals surface area contributed by atoms with Gasteiger partial charge in [-0.25, -0.2) is 0 Å². The van der Waals surface area contributed by atoms with Crippen LogP contribution in [-0.4, -0.2) is 52.4 Å². The average Bonchev–Trinajstić information content (AvgIpc) is 2.90. The van der Waals surface area contributed by atoms with Crippen molar-refractivity contribution in [2.45, 2.75) is 26.3 Å². The maximum Gasteiger partial charge on any atom is 0.253 e. The van der Waals surface area contributed by atoms with Crippen molar-refractivity contribution >= 4 is 33.6 Å². The zero-order chi connectivity index (χ0) is 24.5. The monoisotopic (exact) mass is 467 g/mol. The van der Waals surface area contributed by atoms with Gasteiger partial charge < -0.3 is 14.4 Å². The molecular formula is C29H29N3O3. The Kier molecular flexibility index (Phi) is 6.12. The molecule has 1 fully saturated rings. The van der Waals surface area contributed by atoms with Gasteiger partial charge in [0.1, 0.15) is 6.54 Å². The lowest BCUT2D eigenvalue weighted by atomic mass is 10.0. The fourth-order valence-electron chi connectivity index (χ4n) is 4.83. The summed E-state index contributed by atoms with van der Waals surface area (Å²) < 4.78 is 1.93. The zero-order valence-corrected chi connectivity index (χ0v) is 20.1. The molecule has 5 rings (SSSR count).